The summed E-state index contributed by atoms with van der Waals surface area (Å²) in [5.74, 6) is 0.264. The minimum absolute atomic E-state index is 0.254. The highest BCUT2D eigenvalue weighted by molar-refractivity contribution is 7.89. The topological polar surface area (TPSA) is 81.4 Å². The van der Waals surface area contributed by atoms with Crippen molar-refractivity contribution in [2.24, 2.45) is 0 Å². The second-order valence-electron chi connectivity index (χ2n) is 6.12. The molecule has 0 unspecified atom stereocenters. The molecule has 1 aliphatic heterocycles. The minimum atomic E-state index is -3.90. The number of fused-ring (bicyclic) bond motifs is 1. The Morgan fingerprint density at radius 2 is 2.13 bits per heavy atom. The van der Waals surface area contributed by atoms with Crippen LogP contribution < -0.4 is 9.46 Å². The molecular formula is C15H17FN2O4S. The normalized spacial score (nSPS) is 19.9. The minimum Gasteiger partial charge on any atom is -0.487 e. The zero-order valence-electron chi connectivity index (χ0n) is 13.0. The highest BCUT2D eigenvalue weighted by Gasteiger charge is 2.37. The van der Waals surface area contributed by atoms with Gasteiger partial charge in [-0.05, 0) is 32.0 Å². The Morgan fingerprint density at radius 3 is 2.78 bits per heavy atom. The molecule has 2 aromatic rings. The molecule has 1 aromatic carbocycles. The van der Waals surface area contributed by atoms with Gasteiger partial charge in [-0.3, -0.25) is 0 Å². The van der Waals surface area contributed by atoms with E-state index >= 15 is 0 Å². The summed E-state index contributed by atoms with van der Waals surface area (Å²) in [5, 5.41) is -0.266. The van der Waals surface area contributed by atoms with Crippen LogP contribution in [0.2, 0.25) is 0 Å². The van der Waals surface area contributed by atoms with Crippen molar-refractivity contribution in [2.75, 3.05) is 0 Å². The van der Waals surface area contributed by atoms with Crippen LogP contribution in [0.4, 0.5) is 4.39 Å². The van der Waals surface area contributed by atoms with Gasteiger partial charge in [0.15, 0.2) is 5.89 Å². The van der Waals surface area contributed by atoms with E-state index in [1.165, 1.54) is 18.2 Å². The molecule has 23 heavy (non-hydrogen) atoms. The van der Waals surface area contributed by atoms with Gasteiger partial charge in [0.05, 0.1) is 12.2 Å². The number of benzene rings is 1. The molecule has 0 fully saturated rings. The third-order valence-electron chi connectivity index (χ3n) is 3.59. The summed E-state index contributed by atoms with van der Waals surface area (Å²) in [6.45, 7) is 5.25. The van der Waals surface area contributed by atoms with Crippen molar-refractivity contribution in [3.63, 3.8) is 0 Å². The molecule has 1 N–H and O–H groups in total. The Hall–Kier alpha value is -1.93. The van der Waals surface area contributed by atoms with Crippen molar-refractivity contribution in [1.82, 2.24) is 9.71 Å². The lowest BCUT2D eigenvalue weighted by atomic mass is 9.90. The van der Waals surface area contributed by atoms with Crippen molar-refractivity contribution >= 4 is 10.0 Å². The molecule has 0 amide bonds. The van der Waals surface area contributed by atoms with Crippen LogP contribution >= 0.6 is 0 Å². The van der Waals surface area contributed by atoms with Crippen molar-refractivity contribution in [3.05, 3.63) is 41.7 Å². The fourth-order valence-electron chi connectivity index (χ4n) is 2.64. The summed E-state index contributed by atoms with van der Waals surface area (Å²) >= 11 is 0. The average molecular weight is 340 g/mol. The molecule has 6 nitrogen and oxygen atoms in total. The van der Waals surface area contributed by atoms with Crippen LogP contribution in [0.25, 0.3) is 0 Å². The van der Waals surface area contributed by atoms with Crippen LogP contribution in [0.3, 0.4) is 0 Å². The number of ether oxygens (including phenoxy) is 1. The predicted molar refractivity (Wildman–Crippen MR) is 80.0 cm³/mol. The Bertz CT molecular complexity index is 845. The van der Waals surface area contributed by atoms with Gasteiger partial charge in [0, 0.05) is 18.9 Å². The van der Waals surface area contributed by atoms with Crippen LogP contribution in [0, 0.1) is 12.7 Å². The number of sulfonamides is 1. The van der Waals surface area contributed by atoms with Crippen molar-refractivity contribution in [3.8, 4) is 5.75 Å². The molecule has 0 saturated carbocycles. The lowest BCUT2D eigenvalue weighted by molar-refractivity contribution is 0.0698. The van der Waals surface area contributed by atoms with Crippen molar-refractivity contribution in [2.45, 2.75) is 43.9 Å². The van der Waals surface area contributed by atoms with Crippen LogP contribution in [0.15, 0.2) is 33.9 Å². The Balaban J connectivity index is 1.98. The molecular weight excluding hydrogens is 323 g/mol. The van der Waals surface area contributed by atoms with Crippen LogP contribution in [-0.2, 0) is 10.0 Å². The number of oxazole rings is 1. The number of hydrogen-bond donors (Lipinski definition) is 1. The molecule has 1 aliphatic rings. The summed E-state index contributed by atoms with van der Waals surface area (Å²) in [7, 11) is -3.90. The molecule has 0 radical (unpaired) electrons. The number of nitrogens with one attached hydrogen (secondary N) is 1. The molecule has 2 heterocycles. The van der Waals surface area contributed by atoms with E-state index in [2.05, 4.69) is 9.71 Å². The molecule has 0 aliphatic carbocycles. The summed E-state index contributed by atoms with van der Waals surface area (Å²) in [6, 6.07) is 3.44. The highest BCUT2D eigenvalue weighted by atomic mass is 32.2. The largest absolute Gasteiger partial charge is 0.487 e. The summed E-state index contributed by atoms with van der Waals surface area (Å²) in [5.41, 5.74) is -0.126. The second-order valence-corrected chi connectivity index (χ2v) is 7.77. The Labute approximate surface area is 133 Å². The maximum Gasteiger partial charge on any atom is 0.276 e. The number of aryl methyl sites for hydroxylation is 1. The van der Waals surface area contributed by atoms with E-state index < -0.39 is 27.5 Å². The first kappa shape index (κ1) is 15.9. The third kappa shape index (κ3) is 3.23. The summed E-state index contributed by atoms with van der Waals surface area (Å²) in [4.78, 5) is 3.79. The van der Waals surface area contributed by atoms with E-state index in [9.17, 15) is 12.8 Å². The van der Waals surface area contributed by atoms with Gasteiger partial charge in [0.25, 0.3) is 15.1 Å². The van der Waals surface area contributed by atoms with Gasteiger partial charge >= 0.3 is 0 Å². The first-order valence-electron chi connectivity index (χ1n) is 7.09. The van der Waals surface area contributed by atoms with Crippen LogP contribution in [0.1, 0.15) is 37.8 Å². The number of nitrogens with zero attached hydrogens (tertiary/aromatic N) is 1. The predicted octanol–water partition coefficient (Wildman–Crippen LogP) is 2.70. The zero-order chi connectivity index (χ0) is 16.8. The summed E-state index contributed by atoms with van der Waals surface area (Å²) in [6.07, 6.45) is 1.50. The molecule has 124 valence electrons. The SMILES string of the molecule is Cc1ncc(S(=O)(=O)N[C@@H]2CC(C)(C)Oc3ccc(F)cc32)o1. The van der Waals surface area contributed by atoms with E-state index in [4.69, 9.17) is 9.15 Å². The quantitative estimate of drug-likeness (QED) is 0.929. The van der Waals surface area contributed by atoms with E-state index in [1.54, 1.807) is 6.92 Å². The van der Waals surface area contributed by atoms with Gasteiger partial charge in [-0.1, -0.05) is 0 Å². The zero-order valence-corrected chi connectivity index (χ0v) is 13.8. The molecule has 1 atom stereocenters. The second kappa shape index (κ2) is 5.31. The molecule has 3 rings (SSSR count). The van der Waals surface area contributed by atoms with E-state index in [1.807, 2.05) is 13.8 Å². The van der Waals surface area contributed by atoms with Crippen LogP contribution in [0.5, 0.6) is 5.75 Å². The Morgan fingerprint density at radius 1 is 1.39 bits per heavy atom. The molecule has 0 saturated heterocycles. The average Bonchev–Trinajstić information content (AvgIpc) is 2.86. The maximum atomic E-state index is 13.6. The van der Waals surface area contributed by atoms with Crippen molar-refractivity contribution in [1.29, 1.82) is 0 Å². The van der Waals surface area contributed by atoms with E-state index in [0.717, 1.165) is 6.20 Å². The fraction of sp³-hybridized carbons (Fsp3) is 0.400. The number of aromatic nitrogens is 1. The molecule has 8 heteroatoms. The van der Waals surface area contributed by atoms with Gasteiger partial charge in [-0.25, -0.2) is 22.5 Å². The van der Waals surface area contributed by atoms with Gasteiger partial charge in [-0.15, -0.1) is 0 Å². The maximum absolute atomic E-state index is 13.6. The van der Waals surface area contributed by atoms with Gasteiger partial charge in [0.2, 0.25) is 0 Å². The fourth-order valence-corrected chi connectivity index (χ4v) is 3.76. The first-order chi connectivity index (χ1) is 10.7. The first-order valence-corrected chi connectivity index (χ1v) is 8.58. The van der Waals surface area contributed by atoms with Gasteiger partial charge in [0.1, 0.15) is 17.2 Å². The van der Waals surface area contributed by atoms with E-state index in [-0.39, 0.29) is 11.0 Å². The standard InChI is InChI=1S/C15H17FN2O4S/c1-9-17-8-14(21-9)23(19,20)18-12-7-15(2,3)22-13-5-4-10(16)6-11(12)13/h4-6,8,12,18H,7H2,1-3H3/t12-/m1/s1. The summed E-state index contributed by atoms with van der Waals surface area (Å²) < 4.78 is 51.9. The third-order valence-corrected chi connectivity index (χ3v) is 4.90. The highest BCUT2D eigenvalue weighted by Crippen LogP contribution is 2.40. The number of rotatable bonds is 3. The monoisotopic (exact) mass is 340 g/mol. The molecule has 0 spiro atoms. The van der Waals surface area contributed by atoms with Gasteiger partial charge < -0.3 is 9.15 Å². The Kier molecular flexibility index (Phi) is 3.68. The lowest BCUT2D eigenvalue weighted by Crippen LogP contribution is -2.41. The van der Waals surface area contributed by atoms with E-state index in [0.29, 0.717) is 17.7 Å². The number of hydrogen-bond acceptors (Lipinski definition) is 5. The van der Waals surface area contributed by atoms with Gasteiger partial charge in [-0.2, -0.15) is 0 Å². The van der Waals surface area contributed by atoms with Crippen molar-refractivity contribution < 1.29 is 22.0 Å². The number of halogens is 1. The molecule has 0 bridgehead atoms. The van der Waals surface area contributed by atoms with Crippen LogP contribution in [-0.4, -0.2) is 19.0 Å². The smallest absolute Gasteiger partial charge is 0.276 e. The molecule has 1 aromatic heterocycles. The lowest BCUT2D eigenvalue weighted by Gasteiger charge is -2.37.